The molecule has 2 aliphatic heterocycles. The second-order valence-electron chi connectivity index (χ2n) is 9.75. The molecule has 4 aromatic rings. The number of carbonyl (C=O) groups is 1. The van der Waals surface area contributed by atoms with E-state index in [1.165, 1.54) is 35.2 Å². The van der Waals surface area contributed by atoms with E-state index in [1.807, 2.05) is 46.7 Å². The summed E-state index contributed by atoms with van der Waals surface area (Å²) in [4.78, 5) is 28.9. The van der Waals surface area contributed by atoms with Gasteiger partial charge < -0.3 is 19.7 Å². The summed E-state index contributed by atoms with van der Waals surface area (Å²) < 4.78 is 12.6. The van der Waals surface area contributed by atoms with Crippen LogP contribution in [0.25, 0.3) is 26.7 Å². The van der Waals surface area contributed by atoms with Crippen LogP contribution in [0.2, 0.25) is 0 Å². The Balaban J connectivity index is 0.000000316. The number of fused-ring (bicyclic) bond motifs is 3. The third-order valence-electron chi connectivity index (χ3n) is 7.24. The molecule has 0 spiro atoms. The summed E-state index contributed by atoms with van der Waals surface area (Å²) in [7, 11) is 3.41. The Bertz CT molecular complexity index is 1450. The second kappa shape index (κ2) is 12.2. The molecule has 9 heteroatoms. The molecule has 2 saturated heterocycles. The molecule has 1 aromatic carbocycles. The van der Waals surface area contributed by atoms with Crippen LogP contribution in [0.5, 0.6) is 0 Å². The lowest BCUT2D eigenvalue weighted by Gasteiger charge is -2.25. The number of ether oxygens (including phenoxy) is 2. The summed E-state index contributed by atoms with van der Waals surface area (Å²) in [5.74, 6) is -0.0769. The first-order chi connectivity index (χ1) is 18.6. The first-order valence-corrected chi connectivity index (χ1v) is 14.0. The fourth-order valence-electron chi connectivity index (χ4n) is 5.38. The van der Waals surface area contributed by atoms with Crippen LogP contribution in [-0.2, 0) is 9.47 Å². The minimum absolute atomic E-state index is 0.0464. The Hall–Kier alpha value is -3.11. The van der Waals surface area contributed by atoms with Gasteiger partial charge in [0.1, 0.15) is 0 Å². The standard InChI is InChI=1S/C23H21N3O3S.C6H13NO/c1-29-14-17-8-5-10-25(17)22(27)19-12-18(15-6-3-2-4-7-15)23(28)26-20(19)21-16(13-24-26)9-11-30-21;1-8-5-6-3-2-4-7-6/h2-4,6-7,9,11-13,17H,5,8,10,14H2,1H3;6-7H,2-5H2,1H3/t17-;6-/m00/s1. The lowest BCUT2D eigenvalue weighted by Crippen LogP contribution is -2.38. The molecular formula is C29H34N4O4S. The second-order valence-corrected chi connectivity index (χ2v) is 10.7. The highest BCUT2D eigenvalue weighted by atomic mass is 32.1. The van der Waals surface area contributed by atoms with Crippen molar-refractivity contribution in [3.8, 4) is 11.1 Å². The van der Waals surface area contributed by atoms with Gasteiger partial charge in [-0.05, 0) is 55.3 Å². The number of rotatable bonds is 6. The zero-order chi connectivity index (χ0) is 26.5. The van der Waals surface area contributed by atoms with Crippen LogP contribution >= 0.6 is 11.3 Å². The molecule has 6 rings (SSSR count). The van der Waals surface area contributed by atoms with Gasteiger partial charge in [0, 0.05) is 37.8 Å². The third kappa shape index (κ3) is 5.37. The molecule has 0 saturated carbocycles. The maximum absolute atomic E-state index is 13.7. The Morgan fingerprint density at radius 3 is 2.66 bits per heavy atom. The maximum atomic E-state index is 13.7. The lowest BCUT2D eigenvalue weighted by atomic mass is 10.0. The number of methoxy groups -OCH3 is 2. The number of likely N-dealkylation sites (tertiary alicyclic amines) is 1. The topological polar surface area (TPSA) is 85.2 Å². The van der Waals surface area contributed by atoms with Crippen LogP contribution < -0.4 is 10.9 Å². The molecule has 0 radical (unpaired) electrons. The van der Waals surface area contributed by atoms with Gasteiger partial charge in [-0.15, -0.1) is 11.3 Å². The Morgan fingerprint density at radius 1 is 1.11 bits per heavy atom. The molecule has 5 heterocycles. The van der Waals surface area contributed by atoms with Gasteiger partial charge in [0.25, 0.3) is 11.5 Å². The van der Waals surface area contributed by atoms with E-state index < -0.39 is 0 Å². The molecule has 3 aromatic heterocycles. The first kappa shape index (κ1) is 26.5. The van der Waals surface area contributed by atoms with E-state index in [2.05, 4.69) is 10.4 Å². The normalized spacial score (nSPS) is 19.2. The van der Waals surface area contributed by atoms with E-state index in [1.54, 1.807) is 26.5 Å². The minimum Gasteiger partial charge on any atom is -0.383 e. The van der Waals surface area contributed by atoms with Gasteiger partial charge in [-0.3, -0.25) is 9.59 Å². The smallest absolute Gasteiger partial charge is 0.279 e. The van der Waals surface area contributed by atoms with Crippen molar-refractivity contribution in [2.75, 3.05) is 40.5 Å². The maximum Gasteiger partial charge on any atom is 0.279 e. The van der Waals surface area contributed by atoms with Gasteiger partial charge in [-0.1, -0.05) is 30.3 Å². The molecule has 2 fully saturated rings. The van der Waals surface area contributed by atoms with Crippen LogP contribution in [0.15, 0.2) is 58.8 Å². The Kier molecular flexibility index (Phi) is 8.48. The molecule has 8 nitrogen and oxygen atoms in total. The van der Waals surface area contributed by atoms with Crippen LogP contribution in [0.1, 0.15) is 36.0 Å². The van der Waals surface area contributed by atoms with Gasteiger partial charge in [-0.25, -0.2) is 0 Å². The fourth-order valence-corrected chi connectivity index (χ4v) is 6.29. The fraction of sp³-hybridized carbons (Fsp3) is 0.414. The SMILES string of the molecule is COC[C@@H]1CCCN1.COC[C@@H]1CCCN1C(=O)c1cc(-c2ccccc2)c(=O)n2ncc3ccsc3c12. The number of amides is 1. The lowest BCUT2D eigenvalue weighted by molar-refractivity contribution is 0.0632. The van der Waals surface area contributed by atoms with E-state index in [4.69, 9.17) is 9.47 Å². The number of nitrogens with zero attached hydrogens (tertiary/aromatic N) is 3. The van der Waals surface area contributed by atoms with Crippen LogP contribution in [0.3, 0.4) is 0 Å². The van der Waals surface area contributed by atoms with Crippen molar-refractivity contribution < 1.29 is 14.3 Å². The summed E-state index contributed by atoms with van der Waals surface area (Å²) in [6, 6.07) is 13.8. The van der Waals surface area contributed by atoms with Crippen molar-refractivity contribution in [2.45, 2.75) is 37.8 Å². The van der Waals surface area contributed by atoms with E-state index in [0.717, 1.165) is 35.1 Å². The number of hydrogen-bond donors (Lipinski definition) is 1. The highest BCUT2D eigenvalue weighted by molar-refractivity contribution is 7.18. The zero-order valence-electron chi connectivity index (χ0n) is 21.9. The number of thiophene rings is 1. The molecule has 1 N–H and O–H groups in total. The molecule has 2 atom stereocenters. The van der Waals surface area contributed by atoms with Gasteiger partial charge in [0.15, 0.2) is 0 Å². The predicted molar refractivity (Wildman–Crippen MR) is 151 cm³/mol. The third-order valence-corrected chi connectivity index (χ3v) is 8.18. The van der Waals surface area contributed by atoms with Crippen LogP contribution in [0, 0.1) is 0 Å². The van der Waals surface area contributed by atoms with Crippen molar-refractivity contribution in [1.82, 2.24) is 19.8 Å². The minimum atomic E-state index is -0.224. The molecule has 0 bridgehead atoms. The number of aromatic nitrogens is 2. The van der Waals surface area contributed by atoms with Crippen molar-refractivity contribution in [3.05, 3.63) is 70.0 Å². The summed E-state index contributed by atoms with van der Waals surface area (Å²) in [5.41, 5.74) is 2.12. The van der Waals surface area contributed by atoms with Gasteiger partial charge >= 0.3 is 0 Å². The van der Waals surface area contributed by atoms with Crippen molar-refractivity contribution in [1.29, 1.82) is 0 Å². The summed E-state index contributed by atoms with van der Waals surface area (Å²) >= 11 is 1.52. The average molecular weight is 535 g/mol. The van der Waals surface area contributed by atoms with Crippen molar-refractivity contribution in [3.63, 3.8) is 0 Å². The Morgan fingerprint density at radius 2 is 1.92 bits per heavy atom. The largest absolute Gasteiger partial charge is 0.383 e. The molecular weight excluding hydrogens is 500 g/mol. The molecule has 2 aliphatic rings. The van der Waals surface area contributed by atoms with Gasteiger partial charge in [-0.2, -0.15) is 9.61 Å². The van der Waals surface area contributed by atoms with E-state index in [0.29, 0.717) is 35.8 Å². The number of hydrogen-bond acceptors (Lipinski definition) is 7. The first-order valence-electron chi connectivity index (χ1n) is 13.1. The highest BCUT2D eigenvalue weighted by Crippen LogP contribution is 2.30. The van der Waals surface area contributed by atoms with Crippen molar-refractivity contribution >= 4 is 32.8 Å². The zero-order valence-corrected chi connectivity index (χ0v) is 22.7. The van der Waals surface area contributed by atoms with Gasteiger partial charge in [0.05, 0.1) is 41.2 Å². The number of carbonyl (C=O) groups excluding carboxylic acids is 1. The monoisotopic (exact) mass is 534 g/mol. The van der Waals surface area contributed by atoms with Crippen molar-refractivity contribution in [2.24, 2.45) is 0 Å². The van der Waals surface area contributed by atoms with Gasteiger partial charge in [0.2, 0.25) is 0 Å². The number of pyridine rings is 1. The van der Waals surface area contributed by atoms with E-state index in [9.17, 15) is 9.59 Å². The van der Waals surface area contributed by atoms with Crippen LogP contribution in [0.4, 0.5) is 0 Å². The molecule has 0 unspecified atom stereocenters. The molecule has 38 heavy (non-hydrogen) atoms. The van der Waals surface area contributed by atoms with E-state index >= 15 is 0 Å². The molecule has 200 valence electrons. The predicted octanol–water partition coefficient (Wildman–Crippen LogP) is 4.21. The molecule has 0 aliphatic carbocycles. The Labute approximate surface area is 226 Å². The molecule has 1 amide bonds. The average Bonchev–Trinajstić information content (AvgIpc) is 3.72. The summed E-state index contributed by atoms with van der Waals surface area (Å²) in [6.07, 6.45) is 6.15. The summed E-state index contributed by atoms with van der Waals surface area (Å²) in [5, 5.41) is 10.6. The summed E-state index contributed by atoms with van der Waals surface area (Å²) in [6.45, 7) is 3.25. The van der Waals surface area contributed by atoms with Crippen LogP contribution in [-0.4, -0.2) is 73.0 Å². The quantitative estimate of drug-likeness (QED) is 0.399. The number of nitrogens with one attached hydrogen (secondary N) is 1. The highest BCUT2D eigenvalue weighted by Gasteiger charge is 2.31. The van der Waals surface area contributed by atoms with E-state index in [-0.39, 0.29) is 17.5 Å². The number of benzene rings is 1.